The number of unbranched alkanes of at least 4 members (excludes halogenated alkanes) is 52. The maximum Gasteiger partial charge on any atom is 0.194 e. The third kappa shape index (κ3) is 39.0. The Morgan fingerprint density at radius 2 is 0.331 bits per heavy atom. The molecule has 1 heterocycles. The van der Waals surface area contributed by atoms with Crippen molar-refractivity contribution in [3.8, 4) is 0 Å². The Morgan fingerprint density at radius 1 is 0.177 bits per heavy atom. The summed E-state index contributed by atoms with van der Waals surface area (Å²) in [5.41, 5.74) is 9.26. The summed E-state index contributed by atoms with van der Waals surface area (Å²) in [4.78, 5) is 69.2. The zero-order chi connectivity index (χ0) is 86.9. The summed E-state index contributed by atoms with van der Waals surface area (Å²) in [5.74, 6) is -0.491. The molecule has 0 aliphatic carbocycles. The molecule has 0 spiro atoms. The van der Waals surface area contributed by atoms with Crippen molar-refractivity contribution in [2.75, 3.05) is 0 Å². The van der Waals surface area contributed by atoms with Crippen LogP contribution in [0.4, 0.5) is 0 Å². The third-order valence-electron chi connectivity index (χ3n) is 25.8. The average molecular weight is 1750 g/mol. The van der Waals surface area contributed by atoms with E-state index in [-0.39, 0.29) is 23.1 Å². The molecule has 8 heteroatoms. The molecule has 0 N–H and O–H groups in total. The van der Waals surface area contributed by atoms with Gasteiger partial charge in [-0.15, -0.1) is 0 Å². The van der Waals surface area contributed by atoms with Crippen molar-refractivity contribution in [3.63, 3.8) is 0 Å². The number of rotatable bonds is 68. The maximum absolute atomic E-state index is 15.6. The van der Waals surface area contributed by atoms with Crippen LogP contribution in [0.2, 0.25) is 0 Å². The van der Waals surface area contributed by atoms with Crippen LogP contribution in [0.25, 0.3) is 0 Å². The average Bonchev–Trinajstić information content (AvgIpc) is 0.777. The fraction of sp³-hybridized carbons (Fsp3) is 0.552. The highest BCUT2D eigenvalue weighted by molar-refractivity contribution is 8.01. The zero-order valence-electron chi connectivity index (χ0n) is 77.9. The Hall–Kier alpha value is -6.16. The summed E-state index contributed by atoms with van der Waals surface area (Å²) in [6.45, 7) is 9.17. The summed E-state index contributed by atoms with van der Waals surface area (Å²) in [7, 11) is 0. The van der Waals surface area contributed by atoms with E-state index in [0.29, 0.717) is 44.5 Å². The quantitative estimate of drug-likeness (QED) is 0.0276. The van der Waals surface area contributed by atoms with E-state index in [2.05, 4.69) is 137 Å². The zero-order valence-corrected chi connectivity index (χ0v) is 81.1. The molecule has 0 fully saturated rings. The van der Waals surface area contributed by atoms with E-state index in [0.717, 1.165) is 90.5 Å². The molecule has 0 radical (unpaired) electrons. The third-order valence-corrected chi connectivity index (χ3v) is 30.0. The monoisotopic (exact) mass is 1750 g/mol. The lowest BCUT2D eigenvalue weighted by Gasteiger charge is -2.18. The molecule has 0 amide bonds. The van der Waals surface area contributed by atoms with E-state index in [9.17, 15) is 0 Å². The fourth-order valence-corrected chi connectivity index (χ4v) is 22.3. The van der Waals surface area contributed by atoms with Gasteiger partial charge in [0, 0.05) is 83.7 Å². The lowest BCUT2D eigenvalue weighted by atomic mass is 9.95. The second-order valence-electron chi connectivity index (χ2n) is 36.5. The van der Waals surface area contributed by atoms with Crippen molar-refractivity contribution in [1.29, 1.82) is 0 Å². The molecule has 8 aromatic rings. The molecule has 0 unspecified atom stereocenters. The molecule has 9 rings (SSSR count). The molecule has 4 nitrogen and oxygen atoms in total. The smallest absolute Gasteiger partial charge is 0.194 e. The van der Waals surface area contributed by atoms with Gasteiger partial charge in [0.1, 0.15) is 0 Å². The number of carbonyl (C=O) groups is 4. The second-order valence-corrected chi connectivity index (χ2v) is 41.0. The van der Waals surface area contributed by atoms with E-state index in [1.165, 1.54) is 403 Å². The number of fused-ring (bicyclic) bond motifs is 8. The largest absolute Gasteiger partial charge is 0.289 e. The van der Waals surface area contributed by atoms with Crippen LogP contribution in [0, 0.1) is 0 Å². The molecule has 8 aromatic carbocycles. The van der Waals surface area contributed by atoms with Gasteiger partial charge in [0.15, 0.2) is 23.1 Å². The van der Waals surface area contributed by atoms with Crippen molar-refractivity contribution in [1.82, 2.24) is 0 Å². The van der Waals surface area contributed by atoms with E-state index >= 15 is 19.2 Å². The lowest BCUT2D eigenvalue weighted by molar-refractivity contribution is 0.102. The molecule has 1 aliphatic heterocycles. The van der Waals surface area contributed by atoms with Gasteiger partial charge in [0.05, 0.1) is 0 Å². The van der Waals surface area contributed by atoms with Gasteiger partial charge in [-0.3, -0.25) is 19.2 Å². The molecule has 124 heavy (non-hydrogen) atoms. The highest BCUT2D eigenvalue weighted by atomic mass is 32.2. The minimum absolute atomic E-state index is 0.123. The molecular weight excluding hydrogens is 1590 g/mol. The molecule has 0 saturated carbocycles. The van der Waals surface area contributed by atoms with Gasteiger partial charge in [-0.1, -0.05) is 518 Å². The van der Waals surface area contributed by atoms with Crippen LogP contribution in [-0.2, 0) is 25.7 Å². The minimum atomic E-state index is -0.123. The van der Waals surface area contributed by atoms with E-state index in [1.54, 1.807) is 0 Å². The van der Waals surface area contributed by atoms with Crippen molar-refractivity contribution in [2.24, 2.45) is 0 Å². The molecule has 672 valence electrons. The molecule has 0 aromatic heterocycles. The first-order valence-electron chi connectivity index (χ1n) is 50.9. The number of aryl methyl sites for hydroxylation is 4. The van der Waals surface area contributed by atoms with E-state index < -0.39 is 0 Å². The molecule has 0 saturated heterocycles. The van der Waals surface area contributed by atoms with Crippen molar-refractivity contribution in [3.05, 3.63) is 237 Å². The highest BCUT2D eigenvalue weighted by Crippen LogP contribution is 2.46. The molecular formula is C116H160O4S4. The van der Waals surface area contributed by atoms with Gasteiger partial charge < -0.3 is 0 Å². The van der Waals surface area contributed by atoms with Crippen LogP contribution >= 0.6 is 47.0 Å². The molecule has 1 aliphatic rings. The maximum atomic E-state index is 15.6. The first-order valence-corrected chi connectivity index (χ1v) is 54.2. The normalized spacial score (nSPS) is 12.0. The number of hydrogen-bond donors (Lipinski definition) is 0. The Morgan fingerprint density at radius 3 is 0.492 bits per heavy atom. The van der Waals surface area contributed by atoms with E-state index in [1.807, 2.05) is 60.7 Å². The van der Waals surface area contributed by atoms with Crippen LogP contribution in [-0.4, -0.2) is 23.1 Å². The predicted octanol–water partition coefficient (Wildman–Crippen LogP) is 37.6. The number of benzene rings is 8. The Kier molecular flexibility index (Phi) is 51.6. The predicted molar refractivity (Wildman–Crippen MR) is 538 cm³/mol. The summed E-state index contributed by atoms with van der Waals surface area (Å²) in [6, 6.07) is 57.8. The molecule has 0 atom stereocenters. The second kappa shape index (κ2) is 62.9. The summed E-state index contributed by atoms with van der Waals surface area (Å²) < 4.78 is 0. The minimum Gasteiger partial charge on any atom is -0.289 e. The van der Waals surface area contributed by atoms with Crippen LogP contribution in [0.15, 0.2) is 209 Å². The van der Waals surface area contributed by atoms with Gasteiger partial charge in [0.2, 0.25) is 0 Å². The van der Waals surface area contributed by atoms with E-state index in [4.69, 9.17) is 0 Å². The van der Waals surface area contributed by atoms with Crippen LogP contribution in [0.1, 0.15) is 473 Å². The van der Waals surface area contributed by atoms with Gasteiger partial charge in [-0.05, 0) is 134 Å². The van der Waals surface area contributed by atoms with Crippen LogP contribution < -0.4 is 0 Å². The SMILES string of the molecule is CCCCCCCCCCCCCCCCc1ccc(C(=O)c2cc(C(=O)c3ccc(CCCCCCCCCCCCCCCC)cc3)c3cc2Sc2cccc(c2)Sc2cc(c(C(=O)c4ccc(CCCCCCCCCCCCCCCC)cc4)cc2C(=O)c2ccc(CCCCCCCCCCCCCCCC)cc2)Sc2cccc(c2)S3)cc1. The summed E-state index contributed by atoms with van der Waals surface area (Å²) in [5, 5.41) is 0. The van der Waals surface area contributed by atoms with Crippen molar-refractivity contribution < 1.29 is 19.2 Å². The van der Waals surface area contributed by atoms with Crippen LogP contribution in [0.3, 0.4) is 0 Å². The van der Waals surface area contributed by atoms with Gasteiger partial charge in [0.25, 0.3) is 0 Å². The van der Waals surface area contributed by atoms with Crippen LogP contribution in [0.5, 0.6) is 0 Å². The van der Waals surface area contributed by atoms with Crippen molar-refractivity contribution >= 4 is 70.2 Å². The molecule has 8 bridgehead atoms. The fourth-order valence-electron chi connectivity index (χ4n) is 17.9. The highest BCUT2D eigenvalue weighted by Gasteiger charge is 2.27. The Balaban J connectivity index is 0.957. The van der Waals surface area contributed by atoms with Crippen molar-refractivity contribution in [2.45, 2.75) is 452 Å². The first kappa shape index (κ1) is 102. The summed E-state index contributed by atoms with van der Waals surface area (Å²) in [6.07, 6.45) is 78.3. The van der Waals surface area contributed by atoms with Gasteiger partial charge in [-0.2, -0.15) is 0 Å². The topological polar surface area (TPSA) is 68.3 Å². The van der Waals surface area contributed by atoms with Gasteiger partial charge >= 0.3 is 0 Å². The number of carbonyl (C=O) groups excluding carboxylic acids is 4. The Bertz CT molecular complexity index is 3740. The number of hydrogen-bond acceptors (Lipinski definition) is 8. The lowest BCUT2D eigenvalue weighted by Crippen LogP contribution is -2.10. The van der Waals surface area contributed by atoms with Gasteiger partial charge in [-0.25, -0.2) is 0 Å². The standard InChI is InChI=1S/C116H160O4S4/c1-5-9-13-17-21-25-29-33-37-41-45-49-53-57-63-93-71-79-97(80-72-93)113(117)105-89-106(114(118)98-81-73-94(74-82-98)64-58-54-50-46-42-38-34-30-26-22-18-14-10-6-2)110-91-109(105)121-101-67-61-68-102(87-101)123-111-92-112(124-104-70-62-69-103(88-104)122-110)108(116(120)100-85-77-96(78-86-100)66-60-56-52-48-44-40-36-32-28-24-20-16-12-8-4)90-107(111)115(119)99-83-75-95(76-84-99)65-59-55-51-47-43-39-35-31-27-23-19-15-11-7-3/h61-62,67-92H,5-60,63-66H2,1-4H3. The first-order chi connectivity index (χ1) is 61.1. The summed E-state index contributed by atoms with van der Waals surface area (Å²) >= 11 is 6.14. The Labute approximate surface area is 772 Å². The number of ketones is 4.